The van der Waals surface area contributed by atoms with Crippen LogP contribution in [0.3, 0.4) is 0 Å². The molecule has 30 heavy (non-hydrogen) atoms. The fraction of sp³-hybridized carbons (Fsp3) is 0.125. The molecule has 0 bridgehead atoms. The quantitative estimate of drug-likeness (QED) is 0.383. The molecule has 0 aromatic heterocycles. The van der Waals surface area contributed by atoms with Gasteiger partial charge in [0.25, 0.3) is 5.78 Å². The number of ketones is 1. The van der Waals surface area contributed by atoms with Crippen molar-refractivity contribution in [3.63, 3.8) is 0 Å². The molecule has 0 saturated carbocycles. The van der Waals surface area contributed by atoms with Crippen LogP contribution in [-0.4, -0.2) is 24.0 Å². The number of nitrogens with one attached hydrogen (secondary N) is 2. The van der Waals surface area contributed by atoms with E-state index in [9.17, 15) is 9.59 Å². The Morgan fingerprint density at radius 2 is 1.67 bits per heavy atom. The van der Waals surface area contributed by atoms with E-state index in [0.717, 1.165) is 27.5 Å². The van der Waals surface area contributed by atoms with Crippen LogP contribution in [-0.2, 0) is 14.3 Å². The smallest absolute Gasteiger partial charge is 0.379 e. The number of Topliss-reactive ketones (excluding diaryl/α,β-unsaturated/α-hetero) is 1. The van der Waals surface area contributed by atoms with E-state index in [1.807, 2.05) is 73.7 Å². The van der Waals surface area contributed by atoms with Gasteiger partial charge in [-0.1, -0.05) is 66.2 Å². The Labute approximate surface area is 179 Å². The molecule has 1 aliphatic rings. The van der Waals surface area contributed by atoms with Crippen molar-refractivity contribution in [1.82, 2.24) is 10.6 Å². The van der Waals surface area contributed by atoms with Crippen molar-refractivity contribution in [3.05, 3.63) is 89.0 Å². The maximum atomic E-state index is 13.1. The number of ether oxygens (including phenoxy) is 1. The number of hydrogen-bond donors (Lipinski definition) is 2. The lowest BCUT2D eigenvalue weighted by molar-refractivity contribution is -0.150. The molecule has 150 valence electrons. The summed E-state index contributed by atoms with van der Waals surface area (Å²) in [5, 5.41) is 8.72. The summed E-state index contributed by atoms with van der Waals surface area (Å²) < 4.78 is 4.74. The van der Waals surface area contributed by atoms with E-state index in [4.69, 9.17) is 17.0 Å². The SMILES string of the molecule is COC(=O)C(=O)C1=C(c2ccc(C)cc2)NC(=S)N[C@H]1c1ccc2ccccc2c1. The molecule has 0 saturated heterocycles. The van der Waals surface area contributed by atoms with Gasteiger partial charge in [0, 0.05) is 0 Å². The highest BCUT2D eigenvalue weighted by molar-refractivity contribution is 7.80. The monoisotopic (exact) mass is 416 g/mol. The predicted molar refractivity (Wildman–Crippen MR) is 121 cm³/mol. The highest BCUT2D eigenvalue weighted by Crippen LogP contribution is 2.33. The second-order valence-corrected chi connectivity index (χ2v) is 7.52. The minimum atomic E-state index is -0.920. The Hall–Kier alpha value is -3.51. The van der Waals surface area contributed by atoms with Gasteiger partial charge in [-0.15, -0.1) is 0 Å². The zero-order valence-electron chi connectivity index (χ0n) is 16.6. The maximum absolute atomic E-state index is 13.1. The van der Waals surface area contributed by atoms with E-state index in [2.05, 4.69) is 10.6 Å². The van der Waals surface area contributed by atoms with Gasteiger partial charge in [0.2, 0.25) is 0 Å². The van der Waals surface area contributed by atoms with Crippen LogP contribution in [0.5, 0.6) is 0 Å². The van der Waals surface area contributed by atoms with Gasteiger partial charge in [-0.05, 0) is 47.1 Å². The van der Waals surface area contributed by atoms with Gasteiger partial charge in [-0.3, -0.25) is 4.79 Å². The molecule has 2 N–H and O–H groups in total. The predicted octanol–water partition coefficient (Wildman–Crippen LogP) is 3.82. The number of aryl methyl sites for hydroxylation is 1. The second-order valence-electron chi connectivity index (χ2n) is 7.11. The van der Waals surface area contributed by atoms with Crippen LogP contribution < -0.4 is 10.6 Å². The van der Waals surface area contributed by atoms with Crippen molar-refractivity contribution in [3.8, 4) is 0 Å². The summed E-state index contributed by atoms with van der Waals surface area (Å²) in [4.78, 5) is 25.3. The molecular weight excluding hydrogens is 396 g/mol. The number of carbonyl (C=O) groups is 2. The third-order valence-electron chi connectivity index (χ3n) is 5.13. The molecule has 3 aromatic carbocycles. The van der Waals surface area contributed by atoms with Gasteiger partial charge in [0.1, 0.15) is 0 Å². The van der Waals surface area contributed by atoms with Crippen molar-refractivity contribution in [2.75, 3.05) is 7.11 Å². The summed E-state index contributed by atoms with van der Waals surface area (Å²) in [6.07, 6.45) is 0. The van der Waals surface area contributed by atoms with E-state index >= 15 is 0 Å². The van der Waals surface area contributed by atoms with Crippen LogP contribution in [0.2, 0.25) is 0 Å². The van der Waals surface area contributed by atoms with Crippen molar-refractivity contribution in [2.24, 2.45) is 0 Å². The lowest BCUT2D eigenvalue weighted by Gasteiger charge is -2.31. The summed E-state index contributed by atoms with van der Waals surface area (Å²) in [5.41, 5.74) is 3.46. The van der Waals surface area contributed by atoms with Crippen LogP contribution in [0.4, 0.5) is 0 Å². The van der Waals surface area contributed by atoms with Crippen LogP contribution in [0.1, 0.15) is 22.7 Å². The van der Waals surface area contributed by atoms with Gasteiger partial charge in [0.05, 0.1) is 24.4 Å². The topological polar surface area (TPSA) is 67.4 Å². The Morgan fingerprint density at radius 1 is 0.967 bits per heavy atom. The number of thiocarbonyl (C=S) groups is 1. The average molecular weight is 417 g/mol. The largest absolute Gasteiger partial charge is 0.463 e. The Balaban J connectivity index is 1.92. The summed E-state index contributed by atoms with van der Waals surface area (Å²) in [6.45, 7) is 1.98. The molecule has 0 aliphatic carbocycles. The average Bonchev–Trinajstić information content (AvgIpc) is 2.77. The first-order chi connectivity index (χ1) is 14.5. The number of esters is 1. The van der Waals surface area contributed by atoms with Gasteiger partial charge in [0.15, 0.2) is 5.11 Å². The lowest BCUT2D eigenvalue weighted by Crippen LogP contribution is -2.46. The molecule has 0 fully saturated rings. The number of hydrogen-bond acceptors (Lipinski definition) is 4. The molecule has 0 radical (unpaired) electrons. The van der Waals surface area contributed by atoms with Crippen LogP contribution in [0.25, 0.3) is 16.5 Å². The van der Waals surface area contributed by atoms with E-state index < -0.39 is 17.8 Å². The minimum absolute atomic E-state index is 0.273. The number of benzene rings is 3. The fourth-order valence-electron chi connectivity index (χ4n) is 3.60. The number of methoxy groups -OCH3 is 1. The van der Waals surface area contributed by atoms with Gasteiger partial charge >= 0.3 is 5.97 Å². The minimum Gasteiger partial charge on any atom is -0.463 e. The Bertz CT molecular complexity index is 1200. The summed E-state index contributed by atoms with van der Waals surface area (Å²) >= 11 is 5.43. The Kier molecular flexibility index (Phi) is 5.33. The molecular formula is C24H20N2O3S. The van der Waals surface area contributed by atoms with E-state index in [-0.39, 0.29) is 5.57 Å². The molecule has 3 aromatic rings. The third-order valence-corrected chi connectivity index (χ3v) is 5.35. The van der Waals surface area contributed by atoms with Crippen molar-refractivity contribution in [2.45, 2.75) is 13.0 Å². The molecule has 4 rings (SSSR count). The van der Waals surface area contributed by atoms with E-state index in [1.165, 1.54) is 7.11 Å². The summed E-state index contributed by atoms with van der Waals surface area (Å²) in [6, 6.07) is 21.0. The zero-order valence-corrected chi connectivity index (χ0v) is 17.4. The first-order valence-corrected chi connectivity index (χ1v) is 9.89. The highest BCUT2D eigenvalue weighted by Gasteiger charge is 2.35. The van der Waals surface area contributed by atoms with Crippen LogP contribution >= 0.6 is 12.2 Å². The van der Waals surface area contributed by atoms with Gasteiger partial charge < -0.3 is 15.4 Å². The van der Waals surface area contributed by atoms with Gasteiger partial charge in [-0.25, -0.2) is 4.79 Å². The highest BCUT2D eigenvalue weighted by atomic mass is 32.1. The first kappa shape index (κ1) is 19.8. The molecule has 0 amide bonds. The standard InChI is InChI=1S/C24H20N2O3S/c1-14-7-9-16(10-8-14)20-19(22(27)23(28)29-2)21(26-24(30)25-20)18-12-11-15-5-3-4-6-17(15)13-18/h3-13,21H,1-2H3,(H2,25,26,30)/t21-/m0/s1. The number of rotatable bonds is 4. The second kappa shape index (κ2) is 8.08. The third kappa shape index (κ3) is 3.69. The van der Waals surface area contributed by atoms with Crippen LogP contribution in [0, 0.1) is 6.92 Å². The molecule has 1 aliphatic heterocycles. The number of fused-ring (bicyclic) bond motifs is 1. The van der Waals surface area contributed by atoms with Crippen LogP contribution in [0.15, 0.2) is 72.3 Å². The van der Waals surface area contributed by atoms with Crippen molar-refractivity contribution in [1.29, 1.82) is 0 Å². The summed E-state index contributed by atoms with van der Waals surface area (Å²) in [7, 11) is 1.20. The fourth-order valence-corrected chi connectivity index (χ4v) is 3.82. The van der Waals surface area contributed by atoms with Gasteiger partial charge in [-0.2, -0.15) is 0 Å². The molecule has 1 atom stereocenters. The molecule has 0 spiro atoms. The molecule has 6 heteroatoms. The molecule has 1 heterocycles. The number of carbonyl (C=O) groups excluding carboxylic acids is 2. The maximum Gasteiger partial charge on any atom is 0.379 e. The first-order valence-electron chi connectivity index (χ1n) is 9.48. The Morgan fingerprint density at radius 3 is 2.37 bits per heavy atom. The zero-order chi connectivity index (χ0) is 21.3. The van der Waals surface area contributed by atoms with Crippen molar-refractivity contribution >= 4 is 45.6 Å². The summed E-state index contributed by atoms with van der Waals surface area (Å²) in [5.74, 6) is -1.63. The lowest BCUT2D eigenvalue weighted by atomic mass is 9.89. The molecule has 5 nitrogen and oxygen atoms in total. The normalized spacial score (nSPS) is 16.1. The van der Waals surface area contributed by atoms with E-state index in [0.29, 0.717) is 10.8 Å². The van der Waals surface area contributed by atoms with Crippen molar-refractivity contribution < 1.29 is 14.3 Å². The van der Waals surface area contributed by atoms with E-state index in [1.54, 1.807) is 0 Å². The molecule has 0 unspecified atom stereocenters.